The Morgan fingerprint density at radius 2 is 1.02 bits per heavy atom. The van der Waals surface area contributed by atoms with Crippen LogP contribution in [-0.2, 0) is 5.41 Å². The SMILES string of the molecule is CC1(C)c2ccccc2-c2cc(-c3nc(-c4ccccc4)nc(-c4cccc(-c5cccc6oc7ccccc7c56)c4)n3)ccc21. The van der Waals surface area contributed by atoms with Gasteiger partial charge in [0.15, 0.2) is 17.5 Å². The van der Waals surface area contributed by atoms with Gasteiger partial charge in [0.1, 0.15) is 11.2 Å². The summed E-state index contributed by atoms with van der Waals surface area (Å²) in [5, 5.41) is 2.21. The Labute approximate surface area is 267 Å². The minimum Gasteiger partial charge on any atom is -0.456 e. The minimum absolute atomic E-state index is 0.0620. The van der Waals surface area contributed by atoms with Crippen molar-refractivity contribution in [2.75, 3.05) is 0 Å². The summed E-state index contributed by atoms with van der Waals surface area (Å²) in [6, 6.07) is 48.4. The van der Waals surface area contributed by atoms with Gasteiger partial charge in [0.2, 0.25) is 0 Å². The van der Waals surface area contributed by atoms with Crippen LogP contribution in [0, 0.1) is 0 Å². The first-order valence-electron chi connectivity index (χ1n) is 15.6. The maximum atomic E-state index is 6.19. The fourth-order valence-corrected chi connectivity index (χ4v) is 7.05. The molecule has 0 atom stereocenters. The van der Waals surface area contributed by atoms with Crippen LogP contribution >= 0.6 is 0 Å². The monoisotopic (exact) mass is 591 g/mol. The lowest BCUT2D eigenvalue weighted by molar-refractivity contribution is 0.660. The van der Waals surface area contributed by atoms with Gasteiger partial charge in [0.05, 0.1) is 0 Å². The van der Waals surface area contributed by atoms with Crippen LogP contribution in [0.2, 0.25) is 0 Å². The van der Waals surface area contributed by atoms with Gasteiger partial charge in [-0.25, -0.2) is 15.0 Å². The quantitative estimate of drug-likeness (QED) is 0.204. The van der Waals surface area contributed by atoms with Gasteiger partial charge >= 0.3 is 0 Å². The Balaban J connectivity index is 1.22. The van der Waals surface area contributed by atoms with E-state index >= 15 is 0 Å². The van der Waals surface area contributed by atoms with E-state index in [0.717, 1.165) is 49.8 Å². The predicted molar refractivity (Wildman–Crippen MR) is 186 cm³/mol. The molecule has 0 unspecified atom stereocenters. The second-order valence-corrected chi connectivity index (χ2v) is 12.5. The van der Waals surface area contributed by atoms with E-state index in [4.69, 9.17) is 19.4 Å². The van der Waals surface area contributed by atoms with E-state index in [1.807, 2.05) is 48.5 Å². The molecule has 4 heteroatoms. The van der Waals surface area contributed by atoms with E-state index in [-0.39, 0.29) is 5.41 Å². The van der Waals surface area contributed by atoms with Gasteiger partial charge in [-0.05, 0) is 57.6 Å². The van der Waals surface area contributed by atoms with Crippen LogP contribution in [0.4, 0.5) is 0 Å². The first-order valence-corrected chi connectivity index (χ1v) is 15.6. The molecule has 0 saturated carbocycles. The molecule has 0 radical (unpaired) electrons. The number of aromatic nitrogens is 3. The molecule has 46 heavy (non-hydrogen) atoms. The second kappa shape index (κ2) is 10.1. The summed E-state index contributed by atoms with van der Waals surface area (Å²) in [4.78, 5) is 15.2. The highest BCUT2D eigenvalue weighted by molar-refractivity contribution is 6.12. The molecule has 218 valence electrons. The lowest BCUT2D eigenvalue weighted by Crippen LogP contribution is -2.14. The first kappa shape index (κ1) is 26.5. The van der Waals surface area contributed by atoms with Gasteiger partial charge in [-0.3, -0.25) is 0 Å². The van der Waals surface area contributed by atoms with Crippen molar-refractivity contribution in [2.45, 2.75) is 19.3 Å². The molecule has 0 spiro atoms. The molecule has 0 saturated heterocycles. The van der Waals surface area contributed by atoms with Gasteiger partial charge in [-0.2, -0.15) is 0 Å². The Morgan fingerprint density at radius 3 is 1.87 bits per heavy atom. The summed E-state index contributed by atoms with van der Waals surface area (Å²) in [5.74, 6) is 1.94. The standard InChI is InChI=1S/C42H29N3O/c1-42(2)34-19-8-6-16-31(34)33-25-29(22-23-35(33)42)41-44-39(26-12-4-3-5-13-26)43-40(45-41)28-15-10-14-27(24-28)30-18-11-21-37-38(30)32-17-7-9-20-36(32)46-37/h3-25H,1-2H3. The van der Waals surface area contributed by atoms with Crippen molar-refractivity contribution in [3.8, 4) is 56.4 Å². The zero-order valence-electron chi connectivity index (χ0n) is 25.5. The fourth-order valence-electron chi connectivity index (χ4n) is 7.05. The summed E-state index contributed by atoms with van der Waals surface area (Å²) in [6.45, 7) is 4.59. The molecule has 2 heterocycles. The average molecular weight is 592 g/mol. The third-order valence-electron chi connectivity index (χ3n) is 9.34. The normalized spacial score (nSPS) is 13.2. The summed E-state index contributed by atoms with van der Waals surface area (Å²) in [7, 11) is 0. The van der Waals surface area contributed by atoms with Crippen LogP contribution in [0.25, 0.3) is 78.4 Å². The van der Waals surface area contributed by atoms with E-state index in [1.165, 1.54) is 22.3 Å². The van der Waals surface area contributed by atoms with E-state index in [1.54, 1.807) is 0 Å². The zero-order chi connectivity index (χ0) is 30.8. The number of nitrogens with zero attached hydrogens (tertiary/aromatic N) is 3. The van der Waals surface area contributed by atoms with E-state index in [2.05, 4.69) is 105 Å². The topological polar surface area (TPSA) is 51.8 Å². The second-order valence-electron chi connectivity index (χ2n) is 12.5. The Kier molecular flexibility index (Phi) is 5.81. The molecule has 0 fully saturated rings. The molecule has 0 N–H and O–H groups in total. The van der Waals surface area contributed by atoms with Crippen molar-refractivity contribution in [1.29, 1.82) is 0 Å². The molecular formula is C42H29N3O. The Hall–Kier alpha value is -5.87. The van der Waals surface area contributed by atoms with Crippen LogP contribution in [0.15, 0.2) is 144 Å². The van der Waals surface area contributed by atoms with E-state index in [0.29, 0.717) is 17.5 Å². The largest absolute Gasteiger partial charge is 0.456 e. The third-order valence-corrected chi connectivity index (χ3v) is 9.34. The van der Waals surface area contributed by atoms with Crippen molar-refractivity contribution >= 4 is 21.9 Å². The molecule has 0 amide bonds. The van der Waals surface area contributed by atoms with Crippen LogP contribution in [0.1, 0.15) is 25.0 Å². The minimum atomic E-state index is -0.0620. The molecule has 2 aromatic heterocycles. The smallest absolute Gasteiger partial charge is 0.164 e. The molecule has 1 aliphatic rings. The zero-order valence-corrected chi connectivity index (χ0v) is 25.5. The molecule has 1 aliphatic carbocycles. The van der Waals surface area contributed by atoms with Crippen molar-refractivity contribution < 1.29 is 4.42 Å². The predicted octanol–water partition coefficient (Wildman–Crippen LogP) is 10.7. The number of hydrogen-bond acceptors (Lipinski definition) is 4. The van der Waals surface area contributed by atoms with Gasteiger partial charge < -0.3 is 4.42 Å². The number of benzene rings is 6. The highest BCUT2D eigenvalue weighted by Gasteiger charge is 2.35. The molecule has 4 nitrogen and oxygen atoms in total. The van der Waals surface area contributed by atoms with Crippen molar-refractivity contribution in [3.63, 3.8) is 0 Å². The Bertz CT molecular complexity index is 2460. The lowest BCUT2D eigenvalue weighted by atomic mass is 9.82. The van der Waals surface area contributed by atoms with Gasteiger partial charge in [-0.1, -0.05) is 129 Å². The molecule has 0 aliphatic heterocycles. The number of hydrogen-bond donors (Lipinski definition) is 0. The van der Waals surface area contributed by atoms with Gasteiger partial charge in [-0.15, -0.1) is 0 Å². The van der Waals surface area contributed by atoms with Crippen molar-refractivity contribution in [1.82, 2.24) is 15.0 Å². The maximum Gasteiger partial charge on any atom is 0.164 e. The van der Waals surface area contributed by atoms with Crippen LogP contribution < -0.4 is 0 Å². The average Bonchev–Trinajstić information content (AvgIpc) is 3.61. The highest BCUT2D eigenvalue weighted by Crippen LogP contribution is 2.49. The van der Waals surface area contributed by atoms with E-state index < -0.39 is 0 Å². The van der Waals surface area contributed by atoms with E-state index in [9.17, 15) is 0 Å². The number of furan rings is 1. The number of rotatable bonds is 4. The molecule has 0 bridgehead atoms. The summed E-state index contributed by atoms with van der Waals surface area (Å²) in [5.41, 5.74) is 11.9. The van der Waals surface area contributed by atoms with Crippen LogP contribution in [-0.4, -0.2) is 15.0 Å². The number of fused-ring (bicyclic) bond motifs is 6. The summed E-state index contributed by atoms with van der Waals surface area (Å²) >= 11 is 0. The highest BCUT2D eigenvalue weighted by atomic mass is 16.3. The fraction of sp³-hybridized carbons (Fsp3) is 0.0714. The third kappa shape index (κ3) is 4.11. The van der Waals surface area contributed by atoms with Crippen LogP contribution in [0.5, 0.6) is 0 Å². The Morgan fingerprint density at radius 1 is 0.435 bits per heavy atom. The molecule has 6 aromatic carbocycles. The van der Waals surface area contributed by atoms with Crippen molar-refractivity contribution in [3.05, 3.63) is 151 Å². The summed E-state index contributed by atoms with van der Waals surface area (Å²) in [6.07, 6.45) is 0. The van der Waals surface area contributed by atoms with Gasteiger partial charge in [0, 0.05) is 32.9 Å². The van der Waals surface area contributed by atoms with Crippen molar-refractivity contribution in [2.24, 2.45) is 0 Å². The summed E-state index contributed by atoms with van der Waals surface area (Å²) < 4.78 is 6.19. The first-order chi connectivity index (χ1) is 22.5. The molecule has 9 rings (SSSR count). The van der Waals surface area contributed by atoms with Gasteiger partial charge in [0.25, 0.3) is 0 Å². The molecule has 8 aromatic rings. The van der Waals surface area contributed by atoms with Crippen LogP contribution in [0.3, 0.4) is 0 Å². The maximum absolute atomic E-state index is 6.19. The molecular weight excluding hydrogens is 562 g/mol. The lowest BCUT2D eigenvalue weighted by Gasteiger charge is -2.21. The number of para-hydroxylation sites is 1.